The Labute approximate surface area is 223 Å². The Morgan fingerprint density at radius 2 is 1.55 bits per heavy atom. The fourth-order valence-electron chi connectivity index (χ4n) is 3.92. The van der Waals surface area contributed by atoms with E-state index in [2.05, 4.69) is 43.3 Å². The van der Waals surface area contributed by atoms with Crippen LogP contribution in [0.2, 0.25) is 5.02 Å². The van der Waals surface area contributed by atoms with E-state index in [1.54, 1.807) is 30.5 Å². The van der Waals surface area contributed by atoms with Gasteiger partial charge in [-0.05, 0) is 36.4 Å². The van der Waals surface area contributed by atoms with Crippen molar-refractivity contribution in [3.05, 3.63) is 97.1 Å². The van der Waals surface area contributed by atoms with Crippen molar-refractivity contribution >= 4 is 45.6 Å². The van der Waals surface area contributed by atoms with Gasteiger partial charge >= 0.3 is 6.18 Å². The van der Waals surface area contributed by atoms with Gasteiger partial charge in [0, 0.05) is 72.6 Å². The number of nitrogens with one attached hydrogen (secondary N) is 1. The fraction of sp³-hybridized carbons (Fsp3) is 0.185. The Kier molecular flexibility index (Phi) is 8.42. The van der Waals surface area contributed by atoms with Crippen LogP contribution in [0.25, 0.3) is 10.9 Å². The molecule has 1 fully saturated rings. The van der Waals surface area contributed by atoms with Crippen molar-refractivity contribution in [1.82, 2.24) is 19.9 Å². The first-order chi connectivity index (χ1) is 18.3. The lowest BCUT2D eigenvalue weighted by Crippen LogP contribution is -2.47. The molecule has 0 atom stereocenters. The normalized spacial score (nSPS) is 13.5. The number of allylic oxidation sites excluding steroid dienone is 2. The molecule has 0 aliphatic carbocycles. The van der Waals surface area contributed by atoms with Crippen molar-refractivity contribution in [3.63, 3.8) is 0 Å². The number of aromatic nitrogens is 4. The van der Waals surface area contributed by atoms with Gasteiger partial charge in [-0.25, -0.2) is 4.98 Å². The third-order valence-electron chi connectivity index (χ3n) is 5.73. The molecule has 11 heteroatoms. The first-order valence-electron chi connectivity index (χ1n) is 11.7. The van der Waals surface area contributed by atoms with Crippen LogP contribution in [0, 0.1) is 0 Å². The number of pyridine rings is 2. The zero-order chi connectivity index (χ0) is 27.1. The van der Waals surface area contributed by atoms with Crippen LogP contribution in [0.1, 0.15) is 5.69 Å². The van der Waals surface area contributed by atoms with Gasteiger partial charge in [-0.3, -0.25) is 9.97 Å². The van der Waals surface area contributed by atoms with Gasteiger partial charge in [-0.2, -0.15) is 18.2 Å². The van der Waals surface area contributed by atoms with Crippen molar-refractivity contribution in [2.45, 2.75) is 6.18 Å². The first kappa shape index (κ1) is 26.9. The third-order valence-corrected chi connectivity index (χ3v) is 5.97. The molecule has 1 aliphatic heterocycles. The summed E-state index contributed by atoms with van der Waals surface area (Å²) in [5.41, 5.74) is 1.37. The molecule has 5 rings (SSSR count). The van der Waals surface area contributed by atoms with Crippen LogP contribution in [-0.2, 0) is 6.18 Å². The molecule has 38 heavy (non-hydrogen) atoms. The Morgan fingerprint density at radius 1 is 0.868 bits per heavy atom. The van der Waals surface area contributed by atoms with Gasteiger partial charge < -0.3 is 15.1 Å². The van der Waals surface area contributed by atoms with Gasteiger partial charge in [0.05, 0.1) is 5.52 Å². The second kappa shape index (κ2) is 11.9. The summed E-state index contributed by atoms with van der Waals surface area (Å²) in [6, 6.07) is 11.8. The molecule has 1 N–H and O–H groups in total. The Hall–Kier alpha value is -4.18. The summed E-state index contributed by atoms with van der Waals surface area (Å²) in [5, 5.41) is 4.43. The highest BCUT2D eigenvalue weighted by atomic mass is 35.5. The molecule has 0 bridgehead atoms. The summed E-state index contributed by atoms with van der Waals surface area (Å²) in [5.74, 6) is 0.111. The number of benzene rings is 1. The second-order valence-corrected chi connectivity index (χ2v) is 8.67. The molecule has 1 saturated heterocycles. The molecule has 1 aromatic carbocycles. The maximum Gasteiger partial charge on any atom is 0.433 e. The minimum atomic E-state index is -4.59. The minimum Gasteiger partial charge on any atom is -0.367 e. The summed E-state index contributed by atoms with van der Waals surface area (Å²) >= 11 is 6.09. The summed E-state index contributed by atoms with van der Waals surface area (Å²) in [6.07, 6.45) is 3.49. The molecule has 0 unspecified atom stereocenters. The van der Waals surface area contributed by atoms with Crippen LogP contribution in [-0.4, -0.2) is 46.1 Å². The molecule has 4 aromatic rings. The lowest BCUT2D eigenvalue weighted by molar-refractivity contribution is -0.141. The van der Waals surface area contributed by atoms with Crippen molar-refractivity contribution < 1.29 is 13.2 Å². The number of alkyl halides is 3. The summed E-state index contributed by atoms with van der Waals surface area (Å²) in [6.45, 7) is 8.95. The van der Waals surface area contributed by atoms with E-state index >= 15 is 0 Å². The van der Waals surface area contributed by atoms with E-state index in [1.165, 1.54) is 12.4 Å². The van der Waals surface area contributed by atoms with Crippen LogP contribution in [0.5, 0.6) is 0 Å². The van der Waals surface area contributed by atoms with Crippen LogP contribution >= 0.6 is 11.6 Å². The number of anilines is 4. The molecule has 3 aromatic heterocycles. The highest BCUT2D eigenvalue weighted by Gasteiger charge is 2.34. The second-order valence-electron chi connectivity index (χ2n) is 8.23. The van der Waals surface area contributed by atoms with E-state index in [9.17, 15) is 13.2 Å². The zero-order valence-corrected chi connectivity index (χ0v) is 21.1. The van der Waals surface area contributed by atoms with E-state index < -0.39 is 11.9 Å². The quantitative estimate of drug-likeness (QED) is 0.289. The Balaban J connectivity index is 0.000000786. The summed E-state index contributed by atoms with van der Waals surface area (Å²) in [7, 11) is 0. The van der Waals surface area contributed by atoms with Gasteiger partial charge in [0.2, 0.25) is 5.95 Å². The zero-order valence-electron chi connectivity index (χ0n) is 20.4. The van der Waals surface area contributed by atoms with Crippen molar-refractivity contribution in [1.29, 1.82) is 0 Å². The predicted molar refractivity (Wildman–Crippen MR) is 146 cm³/mol. The predicted octanol–water partition coefficient (Wildman–Crippen LogP) is 6.52. The molecule has 0 amide bonds. The molecule has 0 saturated carbocycles. The average Bonchev–Trinajstić information content (AvgIpc) is 2.93. The molecule has 0 radical (unpaired) electrons. The number of rotatable bonds is 5. The van der Waals surface area contributed by atoms with Crippen LogP contribution < -0.4 is 15.1 Å². The Bertz CT molecular complexity index is 1400. The lowest BCUT2D eigenvalue weighted by Gasteiger charge is -2.37. The largest absolute Gasteiger partial charge is 0.433 e. The van der Waals surface area contributed by atoms with Crippen molar-refractivity contribution in [2.24, 2.45) is 0 Å². The molecular weight excluding hydrogens is 515 g/mol. The monoisotopic (exact) mass is 539 g/mol. The minimum absolute atomic E-state index is 0.115. The first-order valence-corrected chi connectivity index (χ1v) is 12.1. The molecule has 7 nitrogen and oxygen atoms in total. The van der Waals surface area contributed by atoms with Crippen molar-refractivity contribution in [3.8, 4) is 0 Å². The van der Waals surface area contributed by atoms with Crippen molar-refractivity contribution in [2.75, 3.05) is 41.3 Å². The smallest absolute Gasteiger partial charge is 0.367 e. The van der Waals surface area contributed by atoms with E-state index in [0.29, 0.717) is 36.9 Å². The lowest BCUT2D eigenvalue weighted by atomic mass is 10.1. The highest BCUT2D eigenvalue weighted by molar-refractivity contribution is 6.31. The highest BCUT2D eigenvalue weighted by Crippen LogP contribution is 2.32. The standard InChI is InChI=1S/C23H19ClF3N7.C4H6/c24-15-1-2-17-18(13-15)29-8-5-19(17)33-9-11-34(12-10-33)21-14-20(23(25,26)27)31-22(32-21)30-16-3-6-28-7-4-16;1-3-4-2/h1-8,13-14H,9-12H2,(H,28,30,31,32);3-4H,1-2H2. The molecule has 0 spiro atoms. The van der Waals surface area contributed by atoms with E-state index in [4.69, 9.17) is 11.6 Å². The fourth-order valence-corrected chi connectivity index (χ4v) is 4.09. The van der Waals surface area contributed by atoms with Gasteiger partial charge in [-0.1, -0.05) is 36.9 Å². The number of piperazine rings is 1. The van der Waals surface area contributed by atoms with E-state index in [1.807, 2.05) is 29.2 Å². The van der Waals surface area contributed by atoms with E-state index in [0.717, 1.165) is 22.7 Å². The van der Waals surface area contributed by atoms with Crippen LogP contribution in [0.3, 0.4) is 0 Å². The van der Waals surface area contributed by atoms with Gasteiger partial charge in [0.15, 0.2) is 5.69 Å². The maximum atomic E-state index is 13.5. The number of hydrogen-bond acceptors (Lipinski definition) is 7. The molecule has 4 heterocycles. The number of hydrogen-bond donors (Lipinski definition) is 1. The number of fused-ring (bicyclic) bond motifs is 1. The number of nitrogens with zero attached hydrogens (tertiary/aromatic N) is 6. The summed E-state index contributed by atoms with van der Waals surface area (Å²) in [4.78, 5) is 20.4. The molecular formula is C27H25ClF3N7. The maximum absolute atomic E-state index is 13.5. The van der Waals surface area contributed by atoms with Crippen LogP contribution in [0.4, 0.5) is 36.3 Å². The van der Waals surface area contributed by atoms with Gasteiger partial charge in [0.1, 0.15) is 5.82 Å². The third kappa shape index (κ3) is 6.57. The van der Waals surface area contributed by atoms with Gasteiger partial charge in [-0.15, -0.1) is 0 Å². The number of halogens is 4. The molecule has 196 valence electrons. The Morgan fingerprint density at radius 3 is 2.21 bits per heavy atom. The van der Waals surface area contributed by atoms with Gasteiger partial charge in [0.25, 0.3) is 0 Å². The topological polar surface area (TPSA) is 70.1 Å². The SMILES string of the molecule is C=CC=C.FC(F)(F)c1cc(N2CCN(c3ccnc4cc(Cl)ccc34)CC2)nc(Nc2ccncc2)n1. The molecule has 1 aliphatic rings. The van der Waals surface area contributed by atoms with E-state index in [-0.39, 0.29) is 11.8 Å². The summed E-state index contributed by atoms with van der Waals surface area (Å²) < 4.78 is 40.6. The van der Waals surface area contributed by atoms with Crippen LogP contribution in [0.15, 0.2) is 86.4 Å². The average molecular weight is 540 g/mol.